The molecule has 1 aliphatic carbocycles. The number of aliphatic carboxylic acids is 1. The summed E-state index contributed by atoms with van der Waals surface area (Å²) in [6.45, 7) is 1.26. The molecule has 1 fully saturated rings. The quantitative estimate of drug-likeness (QED) is 0.400. The van der Waals surface area contributed by atoms with E-state index in [2.05, 4.69) is 4.74 Å². The van der Waals surface area contributed by atoms with Crippen molar-refractivity contribution in [1.29, 1.82) is 0 Å². The topological polar surface area (TPSA) is 124 Å². The van der Waals surface area contributed by atoms with E-state index in [4.69, 9.17) is 9.84 Å². The second-order valence-corrected chi connectivity index (χ2v) is 6.88. The van der Waals surface area contributed by atoms with Crippen LogP contribution in [-0.2, 0) is 33.4 Å². The fourth-order valence-corrected chi connectivity index (χ4v) is 3.53. The number of carbonyl (C=O) groups excluding carboxylic acids is 4. The summed E-state index contributed by atoms with van der Waals surface area (Å²) >= 11 is 0. The SMILES string of the molecule is COC(=O)CCCCC(=O)CCC1C(OC(C)=O)CC(=O)C1CCC(=O)O. The van der Waals surface area contributed by atoms with Crippen LogP contribution in [0.2, 0.25) is 0 Å². The Kier molecular flexibility index (Phi) is 9.67. The van der Waals surface area contributed by atoms with Gasteiger partial charge in [-0.2, -0.15) is 0 Å². The highest BCUT2D eigenvalue weighted by atomic mass is 16.5. The van der Waals surface area contributed by atoms with Crippen molar-refractivity contribution in [2.75, 3.05) is 7.11 Å². The number of hydrogen-bond donors (Lipinski definition) is 1. The Morgan fingerprint density at radius 1 is 1.04 bits per heavy atom. The molecule has 0 amide bonds. The zero-order valence-corrected chi connectivity index (χ0v) is 15.9. The smallest absolute Gasteiger partial charge is 0.305 e. The molecular weight excluding hydrogens is 356 g/mol. The van der Waals surface area contributed by atoms with Crippen LogP contribution in [0.5, 0.6) is 0 Å². The van der Waals surface area contributed by atoms with Gasteiger partial charge in [0.2, 0.25) is 0 Å². The lowest BCUT2D eigenvalue weighted by molar-refractivity contribution is -0.149. The molecule has 8 heteroatoms. The standard InChI is InChI=1S/C19H28O8/c1-12(20)27-17-11-16(22)14(9-10-18(23)24)15(17)8-7-13(21)5-3-4-6-19(25)26-2/h14-15,17H,3-11H2,1-2H3,(H,23,24). The number of Topliss-reactive ketones (excluding diaryl/α,β-unsaturated/α-hetero) is 2. The number of carbonyl (C=O) groups is 5. The van der Waals surface area contributed by atoms with Crippen molar-refractivity contribution >= 4 is 29.5 Å². The van der Waals surface area contributed by atoms with Crippen LogP contribution in [0.25, 0.3) is 0 Å². The van der Waals surface area contributed by atoms with Crippen LogP contribution in [-0.4, -0.2) is 47.8 Å². The first-order valence-corrected chi connectivity index (χ1v) is 9.24. The van der Waals surface area contributed by atoms with Gasteiger partial charge >= 0.3 is 17.9 Å². The summed E-state index contributed by atoms with van der Waals surface area (Å²) in [6, 6.07) is 0. The molecule has 152 valence electrons. The van der Waals surface area contributed by atoms with Crippen LogP contribution in [0.15, 0.2) is 0 Å². The third-order valence-corrected chi connectivity index (χ3v) is 4.87. The number of rotatable bonds is 12. The first-order chi connectivity index (χ1) is 12.7. The molecule has 0 aliphatic heterocycles. The highest BCUT2D eigenvalue weighted by Crippen LogP contribution is 2.37. The molecule has 0 aromatic heterocycles. The minimum atomic E-state index is -0.987. The molecular formula is C19H28O8. The van der Waals surface area contributed by atoms with Gasteiger partial charge in [0.15, 0.2) is 0 Å². The average Bonchev–Trinajstić information content (AvgIpc) is 2.88. The second-order valence-electron chi connectivity index (χ2n) is 6.88. The zero-order chi connectivity index (χ0) is 20.4. The van der Waals surface area contributed by atoms with Gasteiger partial charge in [-0.05, 0) is 25.7 Å². The molecule has 0 aromatic rings. The average molecular weight is 384 g/mol. The first-order valence-electron chi connectivity index (χ1n) is 9.24. The van der Waals surface area contributed by atoms with E-state index in [1.807, 2.05) is 0 Å². The van der Waals surface area contributed by atoms with Crippen LogP contribution in [0.3, 0.4) is 0 Å². The molecule has 8 nitrogen and oxygen atoms in total. The van der Waals surface area contributed by atoms with E-state index in [1.165, 1.54) is 14.0 Å². The lowest BCUT2D eigenvalue weighted by Gasteiger charge is -2.23. The summed E-state index contributed by atoms with van der Waals surface area (Å²) in [5.41, 5.74) is 0. The van der Waals surface area contributed by atoms with Gasteiger partial charge in [-0.1, -0.05) is 0 Å². The van der Waals surface area contributed by atoms with Crippen LogP contribution in [0.4, 0.5) is 0 Å². The second kappa shape index (κ2) is 11.5. The van der Waals surface area contributed by atoms with Gasteiger partial charge in [0, 0.05) is 50.9 Å². The van der Waals surface area contributed by atoms with E-state index in [1.54, 1.807) is 0 Å². The van der Waals surface area contributed by atoms with Crippen molar-refractivity contribution in [1.82, 2.24) is 0 Å². The number of unbranched alkanes of at least 4 members (excludes halogenated alkanes) is 1. The van der Waals surface area contributed by atoms with E-state index in [0.29, 0.717) is 25.7 Å². The van der Waals surface area contributed by atoms with E-state index < -0.39 is 24.0 Å². The summed E-state index contributed by atoms with van der Waals surface area (Å²) in [6.07, 6.45) is 1.88. The van der Waals surface area contributed by atoms with Gasteiger partial charge in [0.25, 0.3) is 0 Å². The van der Waals surface area contributed by atoms with Crippen molar-refractivity contribution in [3.8, 4) is 0 Å². The van der Waals surface area contributed by atoms with Crippen molar-refractivity contribution in [3.63, 3.8) is 0 Å². The predicted molar refractivity (Wildman–Crippen MR) is 93.8 cm³/mol. The van der Waals surface area contributed by atoms with Gasteiger partial charge in [-0.25, -0.2) is 0 Å². The molecule has 3 atom stereocenters. The lowest BCUT2D eigenvalue weighted by atomic mass is 9.85. The number of carboxylic acids is 1. The van der Waals surface area contributed by atoms with Crippen LogP contribution >= 0.6 is 0 Å². The number of ketones is 2. The normalized spacial score (nSPS) is 21.7. The summed E-state index contributed by atoms with van der Waals surface area (Å²) in [4.78, 5) is 57.5. The molecule has 0 spiro atoms. The van der Waals surface area contributed by atoms with Crippen LogP contribution in [0, 0.1) is 11.8 Å². The largest absolute Gasteiger partial charge is 0.481 e. The van der Waals surface area contributed by atoms with Crippen molar-refractivity contribution in [2.45, 2.75) is 70.8 Å². The molecule has 1 N–H and O–H groups in total. The maximum Gasteiger partial charge on any atom is 0.305 e. The van der Waals surface area contributed by atoms with Gasteiger partial charge in [0.05, 0.1) is 7.11 Å². The maximum atomic E-state index is 12.2. The van der Waals surface area contributed by atoms with Gasteiger partial charge in [-0.15, -0.1) is 0 Å². The monoisotopic (exact) mass is 384 g/mol. The third kappa shape index (κ3) is 8.32. The van der Waals surface area contributed by atoms with Crippen molar-refractivity contribution in [3.05, 3.63) is 0 Å². The number of methoxy groups -OCH3 is 1. The molecule has 1 saturated carbocycles. The highest BCUT2D eigenvalue weighted by Gasteiger charge is 2.43. The van der Waals surface area contributed by atoms with Crippen molar-refractivity contribution in [2.24, 2.45) is 11.8 Å². The molecule has 0 radical (unpaired) electrons. The molecule has 3 unspecified atom stereocenters. The van der Waals surface area contributed by atoms with E-state index in [0.717, 1.165) is 0 Å². The van der Waals surface area contributed by atoms with Gasteiger partial charge < -0.3 is 14.6 Å². The Balaban J connectivity index is 2.54. The third-order valence-electron chi connectivity index (χ3n) is 4.87. The lowest BCUT2D eigenvalue weighted by Crippen LogP contribution is -2.26. The minimum absolute atomic E-state index is 0.0118. The number of esters is 2. The Morgan fingerprint density at radius 2 is 1.70 bits per heavy atom. The highest BCUT2D eigenvalue weighted by molar-refractivity contribution is 5.85. The fourth-order valence-electron chi connectivity index (χ4n) is 3.53. The molecule has 0 saturated heterocycles. The maximum absolute atomic E-state index is 12.2. The summed E-state index contributed by atoms with van der Waals surface area (Å²) in [5, 5.41) is 8.87. The first kappa shape index (κ1) is 22.8. The molecule has 1 aliphatic rings. The molecule has 0 aromatic carbocycles. The summed E-state index contributed by atoms with van der Waals surface area (Å²) in [5.74, 6) is -2.73. The Morgan fingerprint density at radius 3 is 2.30 bits per heavy atom. The van der Waals surface area contributed by atoms with E-state index in [9.17, 15) is 24.0 Å². The van der Waals surface area contributed by atoms with E-state index in [-0.39, 0.29) is 55.6 Å². The van der Waals surface area contributed by atoms with Crippen LogP contribution < -0.4 is 0 Å². The molecule has 27 heavy (non-hydrogen) atoms. The summed E-state index contributed by atoms with van der Waals surface area (Å²) < 4.78 is 9.77. The molecule has 0 heterocycles. The predicted octanol–water partition coefficient (Wildman–Crippen LogP) is 2.07. The van der Waals surface area contributed by atoms with Crippen molar-refractivity contribution < 1.29 is 38.6 Å². The molecule has 1 rings (SSSR count). The number of hydrogen-bond acceptors (Lipinski definition) is 7. The Labute approximate surface area is 158 Å². The van der Waals surface area contributed by atoms with E-state index >= 15 is 0 Å². The fraction of sp³-hybridized carbons (Fsp3) is 0.737. The number of carboxylic acid groups (broad SMARTS) is 1. The Bertz CT molecular complexity index is 568. The van der Waals surface area contributed by atoms with Gasteiger partial charge in [-0.3, -0.25) is 24.0 Å². The molecule has 0 bridgehead atoms. The number of ether oxygens (including phenoxy) is 2. The minimum Gasteiger partial charge on any atom is -0.481 e. The van der Waals surface area contributed by atoms with Gasteiger partial charge in [0.1, 0.15) is 17.7 Å². The zero-order valence-electron chi connectivity index (χ0n) is 15.9. The summed E-state index contributed by atoms with van der Waals surface area (Å²) in [7, 11) is 1.32. The van der Waals surface area contributed by atoms with Crippen LogP contribution in [0.1, 0.15) is 64.7 Å². The Hall–Kier alpha value is -2.25.